The van der Waals surface area contributed by atoms with E-state index < -0.39 is 21.5 Å². The van der Waals surface area contributed by atoms with Crippen molar-refractivity contribution in [2.45, 2.75) is 19.3 Å². The van der Waals surface area contributed by atoms with Gasteiger partial charge in [-0.3, -0.25) is 4.57 Å². The fourth-order valence-electron chi connectivity index (χ4n) is 0.748. The molecule has 0 saturated heterocycles. The SMILES string of the molecule is C=CCCCCO[P+](=O)CP(=O)(O)O.O. The van der Waals surface area contributed by atoms with Gasteiger partial charge in [0.15, 0.2) is 0 Å². The molecule has 0 heterocycles. The zero-order chi connectivity index (χ0) is 11.0. The van der Waals surface area contributed by atoms with Gasteiger partial charge in [-0.25, -0.2) is 0 Å². The van der Waals surface area contributed by atoms with E-state index in [2.05, 4.69) is 6.58 Å². The van der Waals surface area contributed by atoms with Gasteiger partial charge in [-0.1, -0.05) is 6.08 Å². The first kappa shape index (κ1) is 17.3. The van der Waals surface area contributed by atoms with Crippen molar-refractivity contribution in [3.8, 4) is 0 Å². The molecular weight excluding hydrogens is 242 g/mol. The lowest BCUT2D eigenvalue weighted by atomic mass is 10.2. The van der Waals surface area contributed by atoms with Crippen LogP contribution in [0.2, 0.25) is 0 Å². The van der Waals surface area contributed by atoms with E-state index in [0.29, 0.717) is 6.42 Å². The Kier molecular flexibility index (Phi) is 10.6. The molecular formula is C7H17O6P2+. The second-order valence-corrected chi connectivity index (χ2v) is 6.14. The van der Waals surface area contributed by atoms with E-state index in [1.54, 1.807) is 6.08 Å². The number of rotatable bonds is 8. The van der Waals surface area contributed by atoms with Gasteiger partial charge in [0.1, 0.15) is 6.61 Å². The lowest BCUT2D eigenvalue weighted by Gasteiger charge is -1.94. The highest BCUT2D eigenvalue weighted by atomic mass is 31.2. The van der Waals surface area contributed by atoms with Gasteiger partial charge in [0.25, 0.3) is 5.90 Å². The maximum atomic E-state index is 10.9. The summed E-state index contributed by atoms with van der Waals surface area (Å²) in [5.74, 6) is -0.691. The third-order valence-corrected chi connectivity index (χ3v) is 4.21. The number of allylic oxidation sites excluding steroid dienone is 1. The van der Waals surface area contributed by atoms with Crippen molar-refractivity contribution >= 4 is 15.6 Å². The van der Waals surface area contributed by atoms with Crippen LogP contribution in [0.25, 0.3) is 0 Å². The Balaban J connectivity index is 0. The van der Waals surface area contributed by atoms with Crippen molar-refractivity contribution < 1.29 is 28.9 Å². The summed E-state index contributed by atoms with van der Waals surface area (Å²) >= 11 is 0. The highest BCUT2D eigenvalue weighted by molar-refractivity contribution is 7.64. The van der Waals surface area contributed by atoms with Crippen LogP contribution in [-0.4, -0.2) is 27.8 Å². The average molecular weight is 259 g/mol. The third-order valence-electron chi connectivity index (χ3n) is 1.34. The van der Waals surface area contributed by atoms with E-state index in [1.807, 2.05) is 0 Å². The van der Waals surface area contributed by atoms with Gasteiger partial charge in [-0.15, -0.1) is 11.1 Å². The molecule has 90 valence electrons. The Morgan fingerprint density at radius 2 is 2.00 bits per heavy atom. The summed E-state index contributed by atoms with van der Waals surface area (Å²) in [6.45, 7) is 3.81. The first-order valence-corrected chi connectivity index (χ1v) is 7.35. The molecule has 6 nitrogen and oxygen atoms in total. The molecule has 0 aliphatic heterocycles. The largest absolute Gasteiger partial charge is 0.521 e. The molecule has 0 spiro atoms. The van der Waals surface area contributed by atoms with E-state index >= 15 is 0 Å². The van der Waals surface area contributed by atoms with Gasteiger partial charge in [0.2, 0.25) is 0 Å². The van der Waals surface area contributed by atoms with Crippen molar-refractivity contribution in [3.05, 3.63) is 12.7 Å². The van der Waals surface area contributed by atoms with Gasteiger partial charge in [0.05, 0.1) is 0 Å². The zero-order valence-electron chi connectivity index (χ0n) is 8.33. The summed E-state index contributed by atoms with van der Waals surface area (Å²) < 4.78 is 26.0. The maximum absolute atomic E-state index is 10.9. The zero-order valence-corrected chi connectivity index (χ0v) is 10.1. The monoisotopic (exact) mass is 259 g/mol. The summed E-state index contributed by atoms with van der Waals surface area (Å²) in [6.07, 6.45) is 4.23. The van der Waals surface area contributed by atoms with E-state index in [9.17, 15) is 9.13 Å². The Morgan fingerprint density at radius 1 is 1.40 bits per heavy atom. The maximum Gasteiger partial charge on any atom is 0.521 e. The molecule has 15 heavy (non-hydrogen) atoms. The van der Waals surface area contributed by atoms with Crippen molar-refractivity contribution in [2.24, 2.45) is 0 Å². The molecule has 4 N–H and O–H groups in total. The minimum Gasteiger partial charge on any atom is -0.412 e. The van der Waals surface area contributed by atoms with Crippen molar-refractivity contribution in [1.29, 1.82) is 0 Å². The smallest absolute Gasteiger partial charge is 0.412 e. The van der Waals surface area contributed by atoms with Crippen LogP contribution in [-0.2, 0) is 13.7 Å². The third kappa shape index (κ3) is 13.9. The van der Waals surface area contributed by atoms with E-state index in [4.69, 9.17) is 14.3 Å². The van der Waals surface area contributed by atoms with Gasteiger partial charge < -0.3 is 15.3 Å². The van der Waals surface area contributed by atoms with E-state index in [0.717, 1.165) is 12.8 Å². The van der Waals surface area contributed by atoms with Gasteiger partial charge in [-0.05, 0) is 23.8 Å². The van der Waals surface area contributed by atoms with Crippen LogP contribution in [0.15, 0.2) is 12.7 Å². The fourth-order valence-corrected chi connectivity index (χ4v) is 2.61. The quantitative estimate of drug-likeness (QED) is 0.388. The normalized spacial score (nSPS) is 11.7. The lowest BCUT2D eigenvalue weighted by molar-refractivity contribution is 0.318. The van der Waals surface area contributed by atoms with Crippen LogP contribution in [0.5, 0.6) is 0 Å². The molecule has 0 rings (SSSR count). The Morgan fingerprint density at radius 3 is 2.47 bits per heavy atom. The summed E-state index contributed by atoms with van der Waals surface area (Å²) in [5, 5.41) is 0. The number of hydrogen-bond acceptors (Lipinski definition) is 3. The van der Waals surface area contributed by atoms with Crippen LogP contribution < -0.4 is 0 Å². The second kappa shape index (κ2) is 9.16. The number of hydrogen-bond donors (Lipinski definition) is 2. The van der Waals surface area contributed by atoms with Gasteiger partial charge >= 0.3 is 15.6 Å². The molecule has 8 heteroatoms. The Bertz CT molecular complexity index is 236. The molecule has 0 amide bonds. The van der Waals surface area contributed by atoms with Crippen LogP contribution in [0.1, 0.15) is 19.3 Å². The van der Waals surface area contributed by atoms with Crippen LogP contribution in [0.3, 0.4) is 0 Å². The predicted molar refractivity (Wildman–Crippen MR) is 58.1 cm³/mol. The highest BCUT2D eigenvalue weighted by Crippen LogP contribution is 2.45. The molecule has 0 aliphatic rings. The summed E-state index contributed by atoms with van der Waals surface area (Å²) in [5.41, 5.74) is 0. The Hall–Kier alpha value is -0.0900. The van der Waals surface area contributed by atoms with Crippen LogP contribution in [0, 0.1) is 0 Å². The highest BCUT2D eigenvalue weighted by Gasteiger charge is 2.30. The molecule has 0 aliphatic carbocycles. The fraction of sp³-hybridized carbons (Fsp3) is 0.714. The standard InChI is InChI=1S/C7H14O5P2.H2O/c1-2-3-4-5-6-12-13(8)7-14(9,10)11;/h2H,1,3-7H2,(H-,9,10,11);1H2/p+1. The van der Waals surface area contributed by atoms with E-state index in [-0.39, 0.29) is 12.1 Å². The molecule has 1 atom stereocenters. The van der Waals surface area contributed by atoms with Crippen LogP contribution in [0.4, 0.5) is 0 Å². The molecule has 0 aromatic heterocycles. The Labute approximate surface area is 89.7 Å². The van der Waals surface area contributed by atoms with Gasteiger partial charge in [-0.2, -0.15) is 0 Å². The second-order valence-electron chi connectivity index (χ2n) is 2.76. The molecule has 1 unspecified atom stereocenters. The molecule has 0 fully saturated rings. The van der Waals surface area contributed by atoms with Gasteiger partial charge in [0, 0.05) is 0 Å². The van der Waals surface area contributed by atoms with Crippen LogP contribution >= 0.6 is 15.6 Å². The van der Waals surface area contributed by atoms with Crippen molar-refractivity contribution in [2.75, 3.05) is 12.5 Å². The minimum atomic E-state index is -4.21. The molecule has 0 aromatic carbocycles. The number of unbranched alkanes of at least 4 members (excludes halogenated alkanes) is 2. The summed E-state index contributed by atoms with van der Waals surface area (Å²) in [6, 6.07) is 0. The van der Waals surface area contributed by atoms with Crippen molar-refractivity contribution in [3.63, 3.8) is 0 Å². The van der Waals surface area contributed by atoms with Crippen molar-refractivity contribution in [1.82, 2.24) is 0 Å². The summed E-state index contributed by atoms with van der Waals surface area (Å²) in [7, 11) is -6.44. The average Bonchev–Trinajstić information content (AvgIpc) is 2.00. The molecule has 0 radical (unpaired) electrons. The minimum absolute atomic E-state index is 0. The lowest BCUT2D eigenvalue weighted by Crippen LogP contribution is -1.89. The summed E-state index contributed by atoms with van der Waals surface area (Å²) in [4.78, 5) is 16.9. The molecule has 0 aromatic rings. The first-order valence-electron chi connectivity index (χ1n) is 4.19. The molecule has 0 bridgehead atoms. The molecule has 0 saturated carbocycles. The first-order chi connectivity index (χ1) is 6.45. The topological polar surface area (TPSA) is 115 Å². The van der Waals surface area contributed by atoms with E-state index in [1.165, 1.54) is 0 Å². The predicted octanol–water partition coefficient (Wildman–Crippen LogP) is 1.41.